The predicted molar refractivity (Wildman–Crippen MR) is 77.8 cm³/mol. The van der Waals surface area contributed by atoms with Crippen LogP contribution in [-0.2, 0) is 0 Å². The Labute approximate surface area is 112 Å². The summed E-state index contributed by atoms with van der Waals surface area (Å²) in [5.74, 6) is 1.47. The van der Waals surface area contributed by atoms with Gasteiger partial charge in [0.25, 0.3) is 0 Å². The second kappa shape index (κ2) is 8.15. The van der Waals surface area contributed by atoms with Crippen molar-refractivity contribution in [1.29, 1.82) is 0 Å². The highest BCUT2D eigenvalue weighted by atomic mass is 16.5. The molecule has 0 aliphatic carbocycles. The van der Waals surface area contributed by atoms with Gasteiger partial charge in [0.2, 0.25) is 0 Å². The van der Waals surface area contributed by atoms with Crippen LogP contribution in [0.2, 0.25) is 0 Å². The van der Waals surface area contributed by atoms with E-state index in [0.717, 1.165) is 18.8 Å². The Morgan fingerprint density at radius 3 is 2.33 bits per heavy atom. The maximum atomic E-state index is 6.29. The molecule has 0 fully saturated rings. The van der Waals surface area contributed by atoms with Crippen LogP contribution >= 0.6 is 0 Å². The van der Waals surface area contributed by atoms with E-state index in [1.807, 2.05) is 12.1 Å². The summed E-state index contributed by atoms with van der Waals surface area (Å²) < 4.78 is 5.57. The van der Waals surface area contributed by atoms with Crippen molar-refractivity contribution in [3.63, 3.8) is 0 Å². The summed E-state index contributed by atoms with van der Waals surface area (Å²) in [5.41, 5.74) is 7.50. The van der Waals surface area contributed by atoms with Crippen molar-refractivity contribution in [1.82, 2.24) is 0 Å². The lowest BCUT2D eigenvalue weighted by molar-refractivity contribution is 0.317. The van der Waals surface area contributed by atoms with Gasteiger partial charge in [-0.25, -0.2) is 0 Å². The molecule has 0 aromatic heterocycles. The predicted octanol–water partition coefficient (Wildman–Crippen LogP) is 4.30. The Bertz CT molecular complexity index is 320. The van der Waals surface area contributed by atoms with E-state index in [1.165, 1.54) is 24.8 Å². The molecule has 2 heteroatoms. The summed E-state index contributed by atoms with van der Waals surface area (Å²) in [6, 6.07) is 8.38. The fourth-order valence-electron chi connectivity index (χ4n) is 2.04. The quantitative estimate of drug-likeness (QED) is 0.745. The molecule has 0 amide bonds. The van der Waals surface area contributed by atoms with Crippen molar-refractivity contribution in [2.45, 2.75) is 52.5 Å². The average molecular weight is 249 g/mol. The number of benzene rings is 1. The first-order chi connectivity index (χ1) is 8.69. The largest absolute Gasteiger partial charge is 0.494 e. The minimum Gasteiger partial charge on any atom is -0.494 e. The highest BCUT2D eigenvalue weighted by Crippen LogP contribution is 2.25. The molecule has 0 bridgehead atoms. The molecule has 0 saturated carbocycles. The van der Waals surface area contributed by atoms with Crippen LogP contribution in [0.4, 0.5) is 0 Å². The van der Waals surface area contributed by atoms with E-state index in [-0.39, 0.29) is 6.04 Å². The first-order valence-corrected chi connectivity index (χ1v) is 7.17. The van der Waals surface area contributed by atoms with Gasteiger partial charge < -0.3 is 10.5 Å². The van der Waals surface area contributed by atoms with Crippen molar-refractivity contribution in [2.24, 2.45) is 11.7 Å². The van der Waals surface area contributed by atoms with Crippen LogP contribution in [-0.4, -0.2) is 6.61 Å². The van der Waals surface area contributed by atoms with Crippen LogP contribution in [0.25, 0.3) is 0 Å². The molecule has 0 spiro atoms. The lowest BCUT2D eigenvalue weighted by Crippen LogP contribution is -2.19. The van der Waals surface area contributed by atoms with Crippen LogP contribution < -0.4 is 10.5 Å². The maximum absolute atomic E-state index is 6.29. The van der Waals surface area contributed by atoms with Crippen LogP contribution in [0.3, 0.4) is 0 Å². The molecule has 1 aromatic rings. The molecular formula is C16H27NO. The van der Waals surface area contributed by atoms with Gasteiger partial charge in [-0.05, 0) is 36.5 Å². The van der Waals surface area contributed by atoms with Gasteiger partial charge in [0.05, 0.1) is 6.61 Å². The monoisotopic (exact) mass is 249 g/mol. The minimum atomic E-state index is 0.136. The first-order valence-electron chi connectivity index (χ1n) is 7.17. The third-order valence-electron chi connectivity index (χ3n) is 3.36. The number of hydrogen-bond donors (Lipinski definition) is 1. The Kier molecular flexibility index (Phi) is 6.81. The Morgan fingerprint density at radius 1 is 1.11 bits per heavy atom. The second-order valence-electron chi connectivity index (χ2n) is 5.06. The highest BCUT2D eigenvalue weighted by molar-refractivity contribution is 5.29. The van der Waals surface area contributed by atoms with Crippen molar-refractivity contribution in [3.8, 4) is 5.75 Å². The van der Waals surface area contributed by atoms with E-state index in [4.69, 9.17) is 10.5 Å². The number of nitrogens with two attached hydrogens (primary N) is 1. The third kappa shape index (κ3) is 4.69. The molecular weight excluding hydrogens is 222 g/mol. The van der Waals surface area contributed by atoms with Crippen molar-refractivity contribution in [2.75, 3.05) is 6.61 Å². The molecule has 0 aliphatic heterocycles. The number of rotatable bonds is 8. The molecule has 2 atom stereocenters. The lowest BCUT2D eigenvalue weighted by Gasteiger charge is -2.20. The Balaban J connectivity index is 2.55. The summed E-state index contributed by atoms with van der Waals surface area (Å²) in [4.78, 5) is 0. The topological polar surface area (TPSA) is 35.2 Å². The number of ether oxygens (including phenoxy) is 1. The van der Waals surface area contributed by atoms with Gasteiger partial charge in [0.1, 0.15) is 5.75 Å². The summed E-state index contributed by atoms with van der Waals surface area (Å²) >= 11 is 0. The fraction of sp³-hybridized carbons (Fsp3) is 0.625. The van der Waals surface area contributed by atoms with Gasteiger partial charge in [-0.15, -0.1) is 0 Å². The molecule has 0 saturated heterocycles. The molecule has 102 valence electrons. The summed E-state index contributed by atoms with van der Waals surface area (Å²) in [6.07, 6.45) is 4.73. The smallest absolute Gasteiger partial charge is 0.119 e. The van der Waals surface area contributed by atoms with Crippen LogP contribution in [0.5, 0.6) is 5.75 Å². The standard InChI is InChI=1S/C16H27NO/c1-4-6-7-13(3)16(17)14-8-10-15(11-9-14)18-12-5-2/h8-11,13,16H,4-7,12,17H2,1-3H3. The molecule has 1 aromatic carbocycles. The lowest BCUT2D eigenvalue weighted by atomic mass is 9.91. The Morgan fingerprint density at radius 2 is 1.78 bits per heavy atom. The van der Waals surface area contributed by atoms with Crippen LogP contribution in [0.15, 0.2) is 24.3 Å². The summed E-state index contributed by atoms with van der Waals surface area (Å²) in [5, 5.41) is 0. The van der Waals surface area contributed by atoms with E-state index >= 15 is 0 Å². The van der Waals surface area contributed by atoms with Crippen molar-refractivity contribution < 1.29 is 4.74 Å². The molecule has 0 heterocycles. The van der Waals surface area contributed by atoms with E-state index in [0.29, 0.717) is 5.92 Å². The molecule has 0 aliphatic rings. The van der Waals surface area contributed by atoms with Crippen molar-refractivity contribution >= 4 is 0 Å². The summed E-state index contributed by atoms with van der Waals surface area (Å²) in [7, 11) is 0. The molecule has 2 nitrogen and oxygen atoms in total. The third-order valence-corrected chi connectivity index (χ3v) is 3.36. The van der Waals surface area contributed by atoms with Gasteiger partial charge in [-0.3, -0.25) is 0 Å². The van der Waals surface area contributed by atoms with Crippen molar-refractivity contribution in [3.05, 3.63) is 29.8 Å². The molecule has 2 N–H and O–H groups in total. The molecule has 1 rings (SSSR count). The minimum absolute atomic E-state index is 0.136. The van der Waals surface area contributed by atoms with Gasteiger partial charge in [-0.2, -0.15) is 0 Å². The maximum Gasteiger partial charge on any atom is 0.119 e. The zero-order valence-electron chi connectivity index (χ0n) is 12.0. The SMILES string of the molecule is CCCCC(C)C(N)c1ccc(OCCC)cc1. The first kappa shape index (κ1) is 15.0. The highest BCUT2D eigenvalue weighted by Gasteiger charge is 2.14. The van der Waals surface area contributed by atoms with Gasteiger partial charge in [0, 0.05) is 6.04 Å². The van der Waals surface area contributed by atoms with Gasteiger partial charge in [0.15, 0.2) is 0 Å². The average Bonchev–Trinajstić information content (AvgIpc) is 2.42. The van der Waals surface area contributed by atoms with Gasteiger partial charge >= 0.3 is 0 Å². The summed E-state index contributed by atoms with van der Waals surface area (Å²) in [6.45, 7) is 7.35. The normalized spacial score (nSPS) is 14.2. The zero-order valence-corrected chi connectivity index (χ0v) is 12.0. The molecule has 0 radical (unpaired) electrons. The van der Waals surface area contributed by atoms with E-state index in [2.05, 4.69) is 32.9 Å². The van der Waals surface area contributed by atoms with E-state index in [9.17, 15) is 0 Å². The second-order valence-corrected chi connectivity index (χ2v) is 5.06. The van der Waals surface area contributed by atoms with Crippen LogP contribution in [0.1, 0.15) is 58.1 Å². The van der Waals surface area contributed by atoms with Gasteiger partial charge in [-0.1, -0.05) is 45.7 Å². The number of unbranched alkanes of at least 4 members (excludes halogenated alkanes) is 1. The zero-order chi connectivity index (χ0) is 13.4. The fourth-order valence-corrected chi connectivity index (χ4v) is 2.04. The Hall–Kier alpha value is -1.02. The molecule has 2 unspecified atom stereocenters. The van der Waals surface area contributed by atoms with E-state index < -0.39 is 0 Å². The number of hydrogen-bond acceptors (Lipinski definition) is 2. The van der Waals surface area contributed by atoms with E-state index in [1.54, 1.807) is 0 Å². The molecule has 18 heavy (non-hydrogen) atoms. The van der Waals surface area contributed by atoms with Crippen LogP contribution in [0, 0.1) is 5.92 Å².